The number of phenolic OH excluding ortho intramolecular Hbond substituents is 2. The third-order valence-corrected chi connectivity index (χ3v) is 8.06. The minimum Gasteiger partial charge on any atom is -0.508 e. The van der Waals surface area contributed by atoms with Crippen molar-refractivity contribution >= 4 is 23.7 Å². The van der Waals surface area contributed by atoms with Gasteiger partial charge in [-0.25, -0.2) is 9.97 Å². The van der Waals surface area contributed by atoms with Gasteiger partial charge in [0.15, 0.2) is 0 Å². The maximum atomic E-state index is 14.0. The Labute approximate surface area is 255 Å². The number of hydrogen-bond donors (Lipinski definition) is 6. The number of fused-ring (bicyclic) bond motifs is 5. The van der Waals surface area contributed by atoms with E-state index in [-0.39, 0.29) is 36.7 Å². The molecule has 2 aliphatic rings. The summed E-state index contributed by atoms with van der Waals surface area (Å²) in [5.41, 5.74) is 14.3. The number of phenols is 2. The van der Waals surface area contributed by atoms with Crippen LogP contribution in [0.5, 0.6) is 11.5 Å². The molecule has 0 radical (unpaired) electrons. The molecule has 1 fully saturated rings. The lowest BCUT2D eigenvalue weighted by Gasteiger charge is -2.36. The number of benzene rings is 2. The van der Waals surface area contributed by atoms with E-state index in [0.29, 0.717) is 56.2 Å². The highest BCUT2D eigenvalue weighted by molar-refractivity contribution is 5.93. The van der Waals surface area contributed by atoms with Crippen LogP contribution < -0.4 is 27.0 Å². The monoisotopic (exact) mass is 602 g/mol. The molecule has 0 aliphatic carbocycles. The minimum atomic E-state index is -1.05. The number of rotatable bonds is 5. The quantitative estimate of drug-likeness (QED) is 0.232. The number of carbonyl (C=O) groups is 3. The van der Waals surface area contributed by atoms with Crippen LogP contribution in [0.25, 0.3) is 11.1 Å². The third-order valence-electron chi connectivity index (χ3n) is 8.06. The molecular formula is C31H38N8O5. The second-order valence-electron chi connectivity index (χ2n) is 11.1. The third kappa shape index (κ3) is 7.06. The number of piperazine rings is 1. The van der Waals surface area contributed by atoms with Crippen LogP contribution in [0.15, 0.2) is 54.9 Å². The lowest BCUT2D eigenvalue weighted by atomic mass is 9.95. The van der Waals surface area contributed by atoms with Crippen LogP contribution in [0.4, 0.5) is 5.95 Å². The van der Waals surface area contributed by atoms with E-state index < -0.39 is 29.9 Å². The first-order valence-electron chi connectivity index (χ1n) is 14.7. The molecule has 4 bridgehead atoms. The van der Waals surface area contributed by atoms with Crippen LogP contribution in [-0.2, 0) is 27.2 Å². The Bertz CT molecular complexity index is 1500. The minimum absolute atomic E-state index is 0.00820. The second-order valence-corrected chi connectivity index (χ2v) is 11.1. The first-order valence-corrected chi connectivity index (χ1v) is 14.7. The SMILES string of the molecule is NCCC[C@@H]1NC(=O)[C@@H](N)Cc2cc(ccc2O)-c2ccc(O)c(c2)C[C@@H](C(=O)N2CCN(c3ncccn3)CC2)NC1=O. The van der Waals surface area contributed by atoms with Crippen molar-refractivity contribution in [2.24, 2.45) is 11.5 Å². The molecule has 5 rings (SSSR count). The standard InChI is InChI=1S/C31H38N8O5/c32-8-1-3-24-29(43)37-25(30(44)38-11-13-39(14-12-38)31-34-9-2-10-35-31)18-22-16-20(5-7-27(22)41)19-4-6-26(40)21(15-19)17-23(33)28(42)36-24/h2,4-7,9-10,15-16,23-25,40-41H,1,3,8,11-14,17-18,32-33H2,(H,36,42)(H,37,43)/t23-,24-,25-/m0/s1. The van der Waals surface area contributed by atoms with Gasteiger partial charge in [-0.3, -0.25) is 14.4 Å². The fourth-order valence-corrected chi connectivity index (χ4v) is 5.55. The van der Waals surface area contributed by atoms with Gasteiger partial charge in [0, 0.05) is 51.4 Å². The Hall–Kier alpha value is -4.75. The topological polar surface area (TPSA) is 200 Å². The summed E-state index contributed by atoms with van der Waals surface area (Å²) in [5.74, 6) is -0.886. The molecular weight excluding hydrogens is 564 g/mol. The molecule has 3 atom stereocenters. The molecule has 0 unspecified atom stereocenters. The van der Waals surface area contributed by atoms with E-state index in [2.05, 4.69) is 20.6 Å². The molecule has 3 aromatic rings. The molecule has 13 nitrogen and oxygen atoms in total. The highest BCUT2D eigenvalue weighted by Crippen LogP contribution is 2.31. The van der Waals surface area contributed by atoms with E-state index in [1.165, 1.54) is 12.1 Å². The van der Waals surface area contributed by atoms with E-state index in [1.807, 2.05) is 4.90 Å². The van der Waals surface area contributed by atoms with Crippen LogP contribution >= 0.6 is 0 Å². The number of nitrogens with one attached hydrogen (secondary N) is 2. The second kappa shape index (κ2) is 13.7. The van der Waals surface area contributed by atoms with Crippen LogP contribution in [0.1, 0.15) is 24.0 Å². The van der Waals surface area contributed by atoms with Crippen LogP contribution in [0.3, 0.4) is 0 Å². The van der Waals surface area contributed by atoms with Gasteiger partial charge in [0.1, 0.15) is 23.6 Å². The Morgan fingerprint density at radius 1 is 0.886 bits per heavy atom. The molecule has 0 spiro atoms. The summed E-state index contributed by atoms with van der Waals surface area (Å²) < 4.78 is 0. The van der Waals surface area contributed by atoms with E-state index in [0.717, 1.165) is 11.1 Å². The Morgan fingerprint density at radius 2 is 1.50 bits per heavy atom. The summed E-state index contributed by atoms with van der Waals surface area (Å²) in [4.78, 5) is 53.0. The average molecular weight is 603 g/mol. The molecule has 44 heavy (non-hydrogen) atoms. The van der Waals surface area contributed by atoms with Crippen molar-refractivity contribution in [1.82, 2.24) is 25.5 Å². The molecule has 3 amide bonds. The zero-order valence-corrected chi connectivity index (χ0v) is 24.4. The molecule has 8 N–H and O–H groups in total. The Morgan fingerprint density at radius 3 is 2.11 bits per heavy atom. The van der Waals surface area contributed by atoms with Crippen molar-refractivity contribution in [1.29, 1.82) is 0 Å². The number of aromatic nitrogens is 2. The lowest BCUT2D eigenvalue weighted by molar-refractivity contribution is -0.137. The predicted octanol–water partition coefficient (Wildman–Crippen LogP) is 0.0380. The van der Waals surface area contributed by atoms with Crippen molar-refractivity contribution < 1.29 is 24.6 Å². The van der Waals surface area contributed by atoms with Crippen LogP contribution in [0.2, 0.25) is 0 Å². The van der Waals surface area contributed by atoms with Gasteiger partial charge in [-0.05, 0) is 72.0 Å². The number of aromatic hydroxyl groups is 2. The first kappa shape index (κ1) is 30.7. The summed E-state index contributed by atoms with van der Waals surface area (Å²) in [6.45, 7) is 2.08. The molecule has 13 heteroatoms. The van der Waals surface area contributed by atoms with Crippen molar-refractivity contribution in [3.05, 3.63) is 66.0 Å². The number of nitrogens with zero attached hydrogens (tertiary/aromatic N) is 4. The van der Waals surface area contributed by atoms with Gasteiger partial charge in [-0.1, -0.05) is 12.1 Å². The predicted molar refractivity (Wildman–Crippen MR) is 164 cm³/mol. The maximum Gasteiger partial charge on any atom is 0.245 e. The van der Waals surface area contributed by atoms with E-state index in [4.69, 9.17) is 11.5 Å². The van der Waals surface area contributed by atoms with E-state index in [9.17, 15) is 24.6 Å². The number of amides is 3. The smallest absolute Gasteiger partial charge is 0.245 e. The summed E-state index contributed by atoms with van der Waals surface area (Å²) >= 11 is 0. The number of carbonyl (C=O) groups excluding carboxylic acids is 3. The highest BCUT2D eigenvalue weighted by Gasteiger charge is 2.33. The Balaban J connectivity index is 1.47. The van der Waals surface area contributed by atoms with Gasteiger partial charge in [-0.2, -0.15) is 0 Å². The van der Waals surface area contributed by atoms with Crippen molar-refractivity contribution in [3.8, 4) is 22.6 Å². The van der Waals surface area contributed by atoms with Gasteiger partial charge in [-0.15, -0.1) is 0 Å². The molecule has 1 aromatic heterocycles. The largest absolute Gasteiger partial charge is 0.508 e. The lowest BCUT2D eigenvalue weighted by Crippen LogP contribution is -2.59. The summed E-state index contributed by atoms with van der Waals surface area (Å²) in [6, 6.07) is 8.68. The molecule has 232 valence electrons. The van der Waals surface area contributed by atoms with Crippen molar-refractivity contribution in [2.45, 2.75) is 43.8 Å². The molecule has 3 heterocycles. The zero-order valence-electron chi connectivity index (χ0n) is 24.4. The highest BCUT2D eigenvalue weighted by atomic mass is 16.3. The molecule has 0 saturated carbocycles. The molecule has 2 aromatic carbocycles. The van der Waals surface area contributed by atoms with Gasteiger partial charge >= 0.3 is 0 Å². The van der Waals surface area contributed by atoms with Gasteiger partial charge in [0.2, 0.25) is 23.7 Å². The van der Waals surface area contributed by atoms with E-state index in [1.54, 1.807) is 47.6 Å². The first-order chi connectivity index (χ1) is 21.2. The van der Waals surface area contributed by atoms with E-state index >= 15 is 0 Å². The normalized spacial score (nSPS) is 21.1. The summed E-state index contributed by atoms with van der Waals surface area (Å²) in [6.07, 6.45) is 4.05. The fraction of sp³-hybridized carbons (Fsp3) is 0.387. The molecule has 2 aliphatic heterocycles. The van der Waals surface area contributed by atoms with Crippen LogP contribution in [-0.4, -0.2) is 93.7 Å². The summed E-state index contributed by atoms with van der Waals surface area (Å²) in [5, 5.41) is 26.9. The Kier molecular flexibility index (Phi) is 9.56. The van der Waals surface area contributed by atoms with Gasteiger partial charge in [0.05, 0.1) is 6.04 Å². The fourth-order valence-electron chi connectivity index (χ4n) is 5.55. The maximum absolute atomic E-state index is 14.0. The van der Waals surface area contributed by atoms with Gasteiger partial charge in [0.25, 0.3) is 0 Å². The van der Waals surface area contributed by atoms with Gasteiger partial charge < -0.3 is 42.1 Å². The summed E-state index contributed by atoms with van der Waals surface area (Å²) in [7, 11) is 0. The number of anilines is 1. The number of nitrogens with two attached hydrogens (primary N) is 2. The molecule has 1 saturated heterocycles. The van der Waals surface area contributed by atoms with Crippen molar-refractivity contribution in [3.63, 3.8) is 0 Å². The zero-order chi connectivity index (χ0) is 31.2. The van der Waals surface area contributed by atoms with Crippen LogP contribution in [0, 0.1) is 0 Å². The van der Waals surface area contributed by atoms with Crippen molar-refractivity contribution in [2.75, 3.05) is 37.6 Å². The number of hydrogen-bond acceptors (Lipinski definition) is 10. The average Bonchev–Trinajstić information content (AvgIpc) is 3.04.